The van der Waals surface area contributed by atoms with E-state index in [-0.39, 0.29) is 12.5 Å². The van der Waals surface area contributed by atoms with Crippen LogP contribution in [0.1, 0.15) is 11.1 Å². The summed E-state index contributed by atoms with van der Waals surface area (Å²) in [7, 11) is 0. The zero-order valence-corrected chi connectivity index (χ0v) is 13.0. The second kappa shape index (κ2) is 7.34. The van der Waals surface area contributed by atoms with Gasteiger partial charge in [0.05, 0.1) is 5.02 Å². The van der Waals surface area contributed by atoms with Crippen LogP contribution in [0.2, 0.25) is 10.0 Å². The van der Waals surface area contributed by atoms with Gasteiger partial charge in [0.15, 0.2) is 6.61 Å². The van der Waals surface area contributed by atoms with Crippen LogP contribution in [0.4, 0.5) is 0 Å². The summed E-state index contributed by atoms with van der Waals surface area (Å²) in [5.41, 5.74) is 2.00. The lowest BCUT2D eigenvalue weighted by Crippen LogP contribution is -2.28. The molecule has 21 heavy (non-hydrogen) atoms. The highest BCUT2D eigenvalue weighted by Crippen LogP contribution is 2.25. The molecule has 0 heterocycles. The summed E-state index contributed by atoms with van der Waals surface area (Å²) in [5.74, 6) is 0.306. The summed E-state index contributed by atoms with van der Waals surface area (Å²) in [5, 5.41) is 3.93. The van der Waals surface area contributed by atoms with Crippen molar-refractivity contribution in [2.75, 3.05) is 6.61 Å². The summed E-state index contributed by atoms with van der Waals surface area (Å²) in [4.78, 5) is 11.7. The smallest absolute Gasteiger partial charge is 0.258 e. The Labute approximate surface area is 133 Å². The van der Waals surface area contributed by atoms with Crippen LogP contribution in [-0.4, -0.2) is 12.5 Å². The first-order valence-electron chi connectivity index (χ1n) is 6.44. The van der Waals surface area contributed by atoms with Gasteiger partial charge in [0.1, 0.15) is 5.75 Å². The van der Waals surface area contributed by atoms with Crippen molar-refractivity contribution >= 4 is 29.1 Å². The minimum atomic E-state index is -0.206. The highest BCUT2D eigenvalue weighted by Gasteiger charge is 2.06. The number of ether oxygens (including phenoxy) is 1. The number of rotatable bonds is 5. The number of carbonyl (C=O) groups is 1. The molecule has 0 radical (unpaired) electrons. The van der Waals surface area contributed by atoms with E-state index in [0.29, 0.717) is 22.3 Å². The Bertz CT molecular complexity index is 627. The van der Waals surface area contributed by atoms with Gasteiger partial charge < -0.3 is 10.1 Å². The fourth-order valence-corrected chi connectivity index (χ4v) is 2.02. The molecule has 0 spiro atoms. The van der Waals surface area contributed by atoms with Crippen LogP contribution < -0.4 is 10.1 Å². The van der Waals surface area contributed by atoms with Gasteiger partial charge in [-0.05, 0) is 42.3 Å². The molecule has 2 aromatic rings. The van der Waals surface area contributed by atoms with Crippen molar-refractivity contribution in [3.05, 3.63) is 63.6 Å². The van der Waals surface area contributed by atoms with Crippen molar-refractivity contribution in [2.45, 2.75) is 13.5 Å². The van der Waals surface area contributed by atoms with E-state index in [1.807, 2.05) is 25.1 Å². The molecule has 2 aromatic carbocycles. The van der Waals surface area contributed by atoms with Gasteiger partial charge in [0, 0.05) is 11.6 Å². The lowest BCUT2D eigenvalue weighted by molar-refractivity contribution is -0.123. The number of hydrogen-bond donors (Lipinski definition) is 1. The fraction of sp³-hybridized carbons (Fsp3) is 0.188. The predicted octanol–water partition coefficient (Wildman–Crippen LogP) is 4.00. The van der Waals surface area contributed by atoms with Crippen LogP contribution in [0.25, 0.3) is 0 Å². The Hall–Kier alpha value is -1.71. The number of aryl methyl sites for hydroxylation is 1. The monoisotopic (exact) mass is 323 g/mol. The maximum absolute atomic E-state index is 11.7. The summed E-state index contributed by atoms with van der Waals surface area (Å²) < 4.78 is 5.42. The molecule has 2 rings (SSSR count). The first-order valence-corrected chi connectivity index (χ1v) is 7.20. The lowest BCUT2D eigenvalue weighted by Gasteiger charge is -2.09. The van der Waals surface area contributed by atoms with Crippen LogP contribution in [0.15, 0.2) is 42.5 Å². The maximum atomic E-state index is 11.7. The van der Waals surface area contributed by atoms with Crippen LogP contribution in [0.3, 0.4) is 0 Å². The molecule has 0 fully saturated rings. The standard InChI is InChI=1S/C16H15Cl2NO2/c1-11-2-7-14(18)15(8-11)21-10-16(20)19-9-12-3-5-13(17)6-4-12/h2-8H,9-10H2,1H3,(H,19,20). The van der Waals surface area contributed by atoms with E-state index in [2.05, 4.69) is 5.32 Å². The zero-order chi connectivity index (χ0) is 15.2. The summed E-state index contributed by atoms with van der Waals surface area (Å²) >= 11 is 11.8. The van der Waals surface area contributed by atoms with E-state index < -0.39 is 0 Å². The molecule has 0 atom stereocenters. The quantitative estimate of drug-likeness (QED) is 0.903. The molecule has 0 aliphatic carbocycles. The number of carbonyl (C=O) groups excluding carboxylic acids is 1. The molecule has 1 N–H and O–H groups in total. The molecule has 0 aliphatic rings. The largest absolute Gasteiger partial charge is 0.482 e. The second-order valence-electron chi connectivity index (χ2n) is 4.63. The molecular formula is C16H15Cl2NO2. The van der Waals surface area contributed by atoms with Gasteiger partial charge in [0.25, 0.3) is 5.91 Å². The third kappa shape index (κ3) is 4.96. The van der Waals surface area contributed by atoms with Crippen LogP contribution in [-0.2, 0) is 11.3 Å². The lowest BCUT2D eigenvalue weighted by atomic mass is 10.2. The molecule has 0 aromatic heterocycles. The van der Waals surface area contributed by atoms with Gasteiger partial charge in [-0.2, -0.15) is 0 Å². The number of nitrogens with one attached hydrogen (secondary N) is 1. The minimum Gasteiger partial charge on any atom is -0.482 e. The molecule has 0 unspecified atom stereocenters. The highest BCUT2D eigenvalue weighted by molar-refractivity contribution is 6.32. The van der Waals surface area contributed by atoms with Crippen molar-refractivity contribution in [1.82, 2.24) is 5.32 Å². The molecule has 0 aliphatic heterocycles. The maximum Gasteiger partial charge on any atom is 0.258 e. The van der Waals surface area contributed by atoms with Crippen molar-refractivity contribution < 1.29 is 9.53 Å². The number of hydrogen-bond acceptors (Lipinski definition) is 2. The second-order valence-corrected chi connectivity index (χ2v) is 5.47. The minimum absolute atomic E-state index is 0.0727. The average molecular weight is 324 g/mol. The molecule has 0 saturated heterocycles. The van der Waals surface area contributed by atoms with E-state index in [1.165, 1.54) is 0 Å². The van der Waals surface area contributed by atoms with E-state index in [1.54, 1.807) is 24.3 Å². The van der Waals surface area contributed by atoms with E-state index in [0.717, 1.165) is 11.1 Å². The molecule has 1 amide bonds. The van der Waals surface area contributed by atoms with Crippen molar-refractivity contribution in [3.63, 3.8) is 0 Å². The van der Waals surface area contributed by atoms with Crippen molar-refractivity contribution in [1.29, 1.82) is 0 Å². The molecule has 110 valence electrons. The highest BCUT2D eigenvalue weighted by atomic mass is 35.5. The Morgan fingerprint density at radius 1 is 1.14 bits per heavy atom. The van der Waals surface area contributed by atoms with Crippen molar-refractivity contribution in [3.8, 4) is 5.75 Å². The van der Waals surface area contributed by atoms with Gasteiger partial charge >= 0.3 is 0 Å². The fourth-order valence-electron chi connectivity index (χ4n) is 1.72. The molecule has 0 bridgehead atoms. The number of halogens is 2. The van der Waals surface area contributed by atoms with Gasteiger partial charge in [-0.15, -0.1) is 0 Å². The van der Waals surface area contributed by atoms with Gasteiger partial charge in [-0.3, -0.25) is 4.79 Å². The third-order valence-electron chi connectivity index (χ3n) is 2.85. The van der Waals surface area contributed by atoms with E-state index in [9.17, 15) is 4.79 Å². The number of amides is 1. The van der Waals surface area contributed by atoms with Crippen LogP contribution in [0.5, 0.6) is 5.75 Å². The Morgan fingerprint density at radius 2 is 1.86 bits per heavy atom. The molecule has 3 nitrogen and oxygen atoms in total. The summed E-state index contributed by atoms with van der Waals surface area (Å²) in [6.07, 6.45) is 0. The molecule has 0 saturated carbocycles. The Balaban J connectivity index is 1.82. The topological polar surface area (TPSA) is 38.3 Å². The molecule has 5 heteroatoms. The zero-order valence-electron chi connectivity index (χ0n) is 11.5. The van der Waals surface area contributed by atoms with Gasteiger partial charge in [-0.1, -0.05) is 41.4 Å². The summed E-state index contributed by atoms with van der Waals surface area (Å²) in [6, 6.07) is 12.7. The molecular weight excluding hydrogens is 309 g/mol. The van der Waals surface area contributed by atoms with E-state index >= 15 is 0 Å². The average Bonchev–Trinajstić information content (AvgIpc) is 2.47. The van der Waals surface area contributed by atoms with Crippen molar-refractivity contribution in [2.24, 2.45) is 0 Å². The first kappa shape index (κ1) is 15.7. The third-order valence-corrected chi connectivity index (χ3v) is 3.41. The Morgan fingerprint density at radius 3 is 2.57 bits per heavy atom. The Kier molecular flexibility index (Phi) is 5.48. The van der Waals surface area contributed by atoms with E-state index in [4.69, 9.17) is 27.9 Å². The van der Waals surface area contributed by atoms with Gasteiger partial charge in [0.2, 0.25) is 0 Å². The SMILES string of the molecule is Cc1ccc(Cl)c(OCC(=O)NCc2ccc(Cl)cc2)c1. The predicted molar refractivity (Wildman–Crippen MR) is 85.0 cm³/mol. The first-order chi connectivity index (χ1) is 10.0. The summed E-state index contributed by atoms with van der Waals surface area (Å²) in [6.45, 7) is 2.29. The van der Waals surface area contributed by atoms with Crippen LogP contribution >= 0.6 is 23.2 Å². The van der Waals surface area contributed by atoms with Gasteiger partial charge in [-0.25, -0.2) is 0 Å². The van der Waals surface area contributed by atoms with Crippen LogP contribution in [0, 0.1) is 6.92 Å². The number of benzene rings is 2. The normalized spacial score (nSPS) is 10.2.